The standard InChI is InChI=1S/C17H25NO3/c18-12-11-17(20,21)15-6-4-5-14(13-15)7-10-16(19)8-2-1-3-9-16/h4-7,10,13,19-21H,1-3,8-9,11-12,18H2/b10-7+. The lowest BCUT2D eigenvalue weighted by molar-refractivity contribution is -0.172. The van der Waals surface area contributed by atoms with Crippen molar-refractivity contribution in [2.45, 2.75) is 49.9 Å². The summed E-state index contributed by atoms with van der Waals surface area (Å²) in [6.07, 6.45) is 8.65. The van der Waals surface area contributed by atoms with Gasteiger partial charge in [-0.05, 0) is 31.0 Å². The van der Waals surface area contributed by atoms with Crippen molar-refractivity contribution < 1.29 is 15.3 Å². The van der Waals surface area contributed by atoms with Gasteiger partial charge < -0.3 is 21.1 Å². The molecule has 0 atom stereocenters. The lowest BCUT2D eigenvalue weighted by Crippen LogP contribution is -2.28. The Labute approximate surface area is 125 Å². The molecule has 1 saturated carbocycles. The van der Waals surface area contributed by atoms with Gasteiger partial charge in [-0.15, -0.1) is 0 Å². The molecule has 21 heavy (non-hydrogen) atoms. The highest BCUT2D eigenvalue weighted by Gasteiger charge is 2.26. The molecule has 4 nitrogen and oxygen atoms in total. The van der Waals surface area contributed by atoms with Crippen LogP contribution in [-0.2, 0) is 5.79 Å². The van der Waals surface area contributed by atoms with Crippen LogP contribution in [0.5, 0.6) is 0 Å². The number of nitrogens with two attached hydrogens (primary N) is 1. The van der Waals surface area contributed by atoms with Crippen molar-refractivity contribution in [3.05, 3.63) is 41.5 Å². The summed E-state index contributed by atoms with van der Waals surface area (Å²) in [5.41, 5.74) is 5.94. The van der Waals surface area contributed by atoms with E-state index in [1.807, 2.05) is 18.2 Å². The summed E-state index contributed by atoms with van der Waals surface area (Å²) >= 11 is 0. The fourth-order valence-corrected chi connectivity index (χ4v) is 2.82. The third-order valence-corrected chi connectivity index (χ3v) is 4.15. The summed E-state index contributed by atoms with van der Waals surface area (Å²) in [4.78, 5) is 0. The zero-order valence-corrected chi connectivity index (χ0v) is 12.3. The van der Waals surface area contributed by atoms with Crippen LogP contribution in [0.25, 0.3) is 6.08 Å². The number of aliphatic hydroxyl groups is 3. The Morgan fingerprint density at radius 2 is 1.90 bits per heavy atom. The molecule has 2 rings (SSSR count). The average molecular weight is 291 g/mol. The number of rotatable bonds is 5. The van der Waals surface area contributed by atoms with Gasteiger partial charge in [-0.2, -0.15) is 0 Å². The predicted octanol–water partition coefficient (Wildman–Crippen LogP) is 1.88. The maximum atomic E-state index is 10.4. The largest absolute Gasteiger partial charge is 0.386 e. The fraction of sp³-hybridized carbons (Fsp3) is 0.529. The van der Waals surface area contributed by atoms with Crippen molar-refractivity contribution >= 4 is 6.08 Å². The Hall–Kier alpha value is -1.20. The van der Waals surface area contributed by atoms with E-state index in [0.29, 0.717) is 5.56 Å². The van der Waals surface area contributed by atoms with Gasteiger partial charge in [0.1, 0.15) is 0 Å². The third-order valence-electron chi connectivity index (χ3n) is 4.15. The first-order chi connectivity index (χ1) is 9.95. The summed E-state index contributed by atoms with van der Waals surface area (Å²) in [6.45, 7) is 0.201. The molecule has 0 amide bonds. The molecule has 0 aliphatic heterocycles. The van der Waals surface area contributed by atoms with Crippen molar-refractivity contribution in [3.63, 3.8) is 0 Å². The summed E-state index contributed by atoms with van der Waals surface area (Å²) in [7, 11) is 0. The Morgan fingerprint density at radius 3 is 2.57 bits per heavy atom. The lowest BCUT2D eigenvalue weighted by Gasteiger charge is -2.28. The molecule has 0 saturated heterocycles. The van der Waals surface area contributed by atoms with E-state index in [1.54, 1.807) is 18.2 Å². The molecule has 5 N–H and O–H groups in total. The molecule has 0 bridgehead atoms. The smallest absolute Gasteiger partial charge is 0.190 e. The van der Waals surface area contributed by atoms with Crippen molar-refractivity contribution in [3.8, 4) is 0 Å². The van der Waals surface area contributed by atoms with Crippen LogP contribution in [0.15, 0.2) is 30.3 Å². The molecule has 0 radical (unpaired) electrons. The molecule has 1 aliphatic carbocycles. The highest BCUT2D eigenvalue weighted by Crippen LogP contribution is 2.30. The second-order valence-electron chi connectivity index (χ2n) is 5.98. The fourth-order valence-electron chi connectivity index (χ4n) is 2.82. The molecule has 4 heteroatoms. The Kier molecular flexibility index (Phi) is 5.17. The summed E-state index contributed by atoms with van der Waals surface area (Å²) in [5.74, 6) is -1.90. The van der Waals surface area contributed by atoms with Crippen LogP contribution in [0.1, 0.15) is 49.7 Å². The number of hydrogen-bond donors (Lipinski definition) is 4. The molecule has 1 aromatic carbocycles. The molecule has 1 aliphatic rings. The zero-order chi connectivity index (χ0) is 15.3. The maximum Gasteiger partial charge on any atom is 0.190 e. The first-order valence-corrected chi connectivity index (χ1v) is 7.62. The van der Waals surface area contributed by atoms with Crippen LogP contribution in [0.2, 0.25) is 0 Å². The van der Waals surface area contributed by atoms with Gasteiger partial charge in [-0.1, -0.05) is 49.6 Å². The summed E-state index contributed by atoms with van der Waals surface area (Å²) < 4.78 is 0. The van der Waals surface area contributed by atoms with Crippen LogP contribution < -0.4 is 5.73 Å². The van der Waals surface area contributed by atoms with Gasteiger partial charge >= 0.3 is 0 Å². The Bertz CT molecular complexity index is 491. The Balaban J connectivity index is 2.14. The van der Waals surface area contributed by atoms with E-state index in [4.69, 9.17) is 5.73 Å². The minimum atomic E-state index is -1.90. The van der Waals surface area contributed by atoms with Crippen molar-refractivity contribution in [1.82, 2.24) is 0 Å². The van der Waals surface area contributed by atoms with E-state index in [1.165, 1.54) is 6.42 Å². The van der Waals surface area contributed by atoms with Gasteiger partial charge in [0.2, 0.25) is 0 Å². The summed E-state index contributed by atoms with van der Waals surface area (Å²) in [5, 5.41) is 30.4. The average Bonchev–Trinajstić information content (AvgIpc) is 2.46. The van der Waals surface area contributed by atoms with E-state index >= 15 is 0 Å². The zero-order valence-electron chi connectivity index (χ0n) is 12.3. The highest BCUT2D eigenvalue weighted by atomic mass is 16.5. The van der Waals surface area contributed by atoms with Gasteiger partial charge in [0, 0.05) is 12.0 Å². The van der Waals surface area contributed by atoms with Crippen molar-refractivity contribution in [2.75, 3.05) is 6.54 Å². The van der Waals surface area contributed by atoms with Crippen LogP contribution in [0, 0.1) is 0 Å². The normalized spacial score (nSPS) is 19.0. The molecule has 0 heterocycles. The third kappa shape index (κ3) is 4.38. The van der Waals surface area contributed by atoms with E-state index in [0.717, 1.165) is 31.2 Å². The Morgan fingerprint density at radius 1 is 1.19 bits per heavy atom. The van der Waals surface area contributed by atoms with Gasteiger partial charge in [0.05, 0.1) is 5.60 Å². The van der Waals surface area contributed by atoms with E-state index in [-0.39, 0.29) is 13.0 Å². The molecule has 1 aromatic rings. The quantitative estimate of drug-likeness (QED) is 0.624. The van der Waals surface area contributed by atoms with Crippen LogP contribution >= 0.6 is 0 Å². The van der Waals surface area contributed by atoms with Gasteiger partial charge in [0.15, 0.2) is 5.79 Å². The van der Waals surface area contributed by atoms with E-state index in [9.17, 15) is 15.3 Å². The van der Waals surface area contributed by atoms with Crippen LogP contribution in [0.3, 0.4) is 0 Å². The van der Waals surface area contributed by atoms with E-state index in [2.05, 4.69) is 0 Å². The minimum Gasteiger partial charge on any atom is -0.386 e. The number of benzene rings is 1. The minimum absolute atomic E-state index is 0.0874. The van der Waals surface area contributed by atoms with Crippen LogP contribution in [-0.4, -0.2) is 27.5 Å². The van der Waals surface area contributed by atoms with Crippen molar-refractivity contribution in [1.29, 1.82) is 0 Å². The van der Waals surface area contributed by atoms with E-state index < -0.39 is 11.4 Å². The molecule has 0 spiro atoms. The van der Waals surface area contributed by atoms with Gasteiger partial charge in [0.25, 0.3) is 0 Å². The highest BCUT2D eigenvalue weighted by molar-refractivity contribution is 5.52. The second kappa shape index (κ2) is 6.71. The monoisotopic (exact) mass is 291 g/mol. The van der Waals surface area contributed by atoms with Crippen LogP contribution in [0.4, 0.5) is 0 Å². The lowest BCUT2D eigenvalue weighted by atomic mass is 9.84. The maximum absolute atomic E-state index is 10.4. The SMILES string of the molecule is NCCC(O)(O)c1cccc(/C=C/C2(O)CCCCC2)c1. The summed E-state index contributed by atoms with van der Waals surface area (Å²) in [6, 6.07) is 7.04. The van der Waals surface area contributed by atoms with Crippen molar-refractivity contribution in [2.24, 2.45) is 5.73 Å². The second-order valence-corrected chi connectivity index (χ2v) is 5.98. The molecule has 0 unspecified atom stereocenters. The molecular weight excluding hydrogens is 266 g/mol. The first-order valence-electron chi connectivity index (χ1n) is 7.62. The molecule has 0 aromatic heterocycles. The first kappa shape index (κ1) is 16.2. The molecule has 116 valence electrons. The molecule has 1 fully saturated rings. The predicted molar refractivity (Wildman–Crippen MR) is 83.3 cm³/mol. The topological polar surface area (TPSA) is 86.7 Å². The number of hydrogen-bond acceptors (Lipinski definition) is 4. The van der Waals surface area contributed by atoms with Gasteiger partial charge in [-0.25, -0.2) is 0 Å². The molecular formula is C17H25NO3. The van der Waals surface area contributed by atoms with Gasteiger partial charge in [-0.3, -0.25) is 0 Å².